The molecule has 8 nitrogen and oxygen atoms in total. The Morgan fingerprint density at radius 2 is 1.79 bits per heavy atom. The molecule has 2 rings (SSSR count). The molecule has 28 heavy (non-hydrogen) atoms. The van der Waals surface area contributed by atoms with Gasteiger partial charge in [-0.3, -0.25) is 4.52 Å². The zero-order valence-electron chi connectivity index (χ0n) is 17.5. The number of hydrogen-bond donors (Lipinski definition) is 2. The maximum Gasteiger partial charge on any atom is 0.387 e. The lowest BCUT2D eigenvalue weighted by atomic mass is 10.1. The van der Waals surface area contributed by atoms with Crippen LogP contribution in [0.1, 0.15) is 48.0 Å². The lowest BCUT2D eigenvalue weighted by Crippen LogP contribution is -2.38. The highest BCUT2D eigenvalue weighted by Gasteiger charge is 2.45. The van der Waals surface area contributed by atoms with Gasteiger partial charge in [0.05, 0.1) is 43.7 Å². The van der Waals surface area contributed by atoms with E-state index in [1.807, 2.05) is 34.6 Å². The van der Waals surface area contributed by atoms with Crippen LogP contribution in [-0.4, -0.2) is 77.3 Å². The Kier molecular flexibility index (Phi) is 9.26. The molecule has 8 unspecified atom stereocenters. The molecule has 0 aromatic heterocycles. The van der Waals surface area contributed by atoms with Gasteiger partial charge >= 0.3 is 6.80 Å². The zero-order valence-corrected chi connectivity index (χ0v) is 19.2. The lowest BCUT2D eigenvalue weighted by molar-refractivity contribution is -0.0752. The van der Waals surface area contributed by atoms with Crippen LogP contribution in [0.2, 0.25) is 0 Å². The van der Waals surface area contributed by atoms with Gasteiger partial charge in [0.15, 0.2) is 0 Å². The molecule has 2 aliphatic heterocycles. The number of ether oxygens (including phenoxy) is 4. The van der Waals surface area contributed by atoms with E-state index in [0.717, 1.165) is 11.4 Å². The summed E-state index contributed by atoms with van der Waals surface area (Å²) < 4.78 is 40.8. The zero-order chi connectivity index (χ0) is 21.1. The maximum atomic E-state index is 12.6. The van der Waals surface area contributed by atoms with Gasteiger partial charge in [-0.15, -0.1) is 0 Å². The Bertz CT molecular complexity index is 534. The van der Waals surface area contributed by atoms with Crippen LogP contribution in [0.3, 0.4) is 0 Å². The molecule has 2 heterocycles. The minimum Gasteiger partial charge on any atom is -0.388 e. The molecule has 0 amide bonds. The second kappa shape index (κ2) is 10.6. The first-order valence-corrected chi connectivity index (χ1v) is 13.0. The van der Waals surface area contributed by atoms with Crippen molar-refractivity contribution in [1.82, 2.24) is 0 Å². The first-order chi connectivity index (χ1) is 13.0. The Morgan fingerprint density at radius 1 is 1.11 bits per heavy atom. The summed E-state index contributed by atoms with van der Waals surface area (Å²) in [5.41, 5.74) is 0. The molecule has 8 atom stereocenters. The highest BCUT2D eigenvalue weighted by Crippen LogP contribution is 2.60. The van der Waals surface area contributed by atoms with Crippen LogP contribution in [0.15, 0.2) is 0 Å². The molecular weight excluding hydrogens is 407 g/mol. The van der Waals surface area contributed by atoms with Crippen molar-refractivity contribution >= 4 is 18.2 Å². The van der Waals surface area contributed by atoms with Crippen LogP contribution in [0.4, 0.5) is 0 Å². The van der Waals surface area contributed by atoms with Gasteiger partial charge in [0.25, 0.3) is 0 Å². The largest absolute Gasteiger partial charge is 0.388 e. The van der Waals surface area contributed by atoms with Crippen molar-refractivity contribution in [2.24, 2.45) is 0 Å². The molecule has 2 saturated heterocycles. The number of aliphatic hydroxyl groups is 1. The van der Waals surface area contributed by atoms with E-state index < -0.39 is 31.2 Å². The van der Waals surface area contributed by atoms with Gasteiger partial charge in [0.1, 0.15) is 18.3 Å². The monoisotopic (exact) mass is 442 g/mol. The summed E-state index contributed by atoms with van der Waals surface area (Å²) in [6.45, 7) is 7.58. The fourth-order valence-corrected chi connectivity index (χ4v) is 6.80. The molecular formula is C18H35O8PS. The fourth-order valence-electron chi connectivity index (χ4n) is 3.37. The van der Waals surface area contributed by atoms with E-state index >= 15 is 0 Å². The minimum absolute atomic E-state index is 0.00348. The van der Waals surface area contributed by atoms with E-state index in [9.17, 15) is 14.6 Å². The first kappa shape index (κ1) is 24.6. The van der Waals surface area contributed by atoms with Crippen molar-refractivity contribution in [3.8, 4) is 0 Å². The summed E-state index contributed by atoms with van der Waals surface area (Å²) in [4.78, 5) is 10.4. The summed E-state index contributed by atoms with van der Waals surface area (Å²) in [6.07, 6.45) is -2.08. The Hall–Kier alpha value is 0.300. The average Bonchev–Trinajstić information content (AvgIpc) is 3.04. The predicted octanol–water partition coefficient (Wildman–Crippen LogP) is 2.75. The molecule has 2 N–H and O–H groups in total. The van der Waals surface area contributed by atoms with Crippen molar-refractivity contribution in [2.45, 2.75) is 102 Å². The van der Waals surface area contributed by atoms with Gasteiger partial charge in [0, 0.05) is 5.25 Å². The lowest BCUT2D eigenvalue weighted by Gasteiger charge is -2.25. The van der Waals surface area contributed by atoms with Crippen LogP contribution >= 0.6 is 18.2 Å². The summed E-state index contributed by atoms with van der Waals surface area (Å²) in [6, 6.07) is 0. The van der Waals surface area contributed by atoms with Crippen LogP contribution < -0.4 is 0 Å². The van der Waals surface area contributed by atoms with Crippen LogP contribution in [-0.2, 0) is 28.0 Å². The second-order valence-electron chi connectivity index (χ2n) is 8.03. The number of aliphatic hydroxyl groups excluding tert-OH is 1. The second-order valence-corrected chi connectivity index (χ2v) is 12.1. The molecule has 0 aromatic carbocycles. The SMILES string of the molecule is CC(C)OCC1OC(C)CC1SP(=O)(O)OCC1OC(C)C(O)C1OC(C)C. The normalized spacial score (nSPS) is 38.4. The van der Waals surface area contributed by atoms with Gasteiger partial charge in [-0.05, 0) is 59.3 Å². The highest BCUT2D eigenvalue weighted by molar-refractivity contribution is 8.55. The summed E-state index contributed by atoms with van der Waals surface area (Å²) in [5.74, 6) is 0. The van der Waals surface area contributed by atoms with Gasteiger partial charge in [0.2, 0.25) is 0 Å². The van der Waals surface area contributed by atoms with E-state index in [4.69, 9.17) is 23.5 Å². The standard InChI is InChI=1S/C18H35O8PS/c1-10(2)22-8-14-16(7-12(5)25-14)28-27(20,21)23-9-15-18(24-11(3)4)17(19)13(6)26-15/h10-19H,7-9H2,1-6H3,(H,20,21). The molecule has 0 aliphatic carbocycles. The topological polar surface area (TPSA) is 104 Å². The number of rotatable bonds is 10. The number of hydrogen-bond acceptors (Lipinski definition) is 8. The maximum absolute atomic E-state index is 12.6. The van der Waals surface area contributed by atoms with Crippen LogP contribution in [0.25, 0.3) is 0 Å². The third kappa shape index (κ3) is 7.22. The molecule has 0 aromatic rings. The van der Waals surface area contributed by atoms with Gasteiger partial charge < -0.3 is 28.9 Å². The molecule has 0 spiro atoms. The molecule has 0 radical (unpaired) electrons. The molecule has 10 heteroatoms. The Labute approximate surface area is 171 Å². The summed E-state index contributed by atoms with van der Waals surface area (Å²) in [5, 5.41) is 10.0. The van der Waals surface area contributed by atoms with Crippen molar-refractivity contribution in [3.05, 3.63) is 0 Å². The van der Waals surface area contributed by atoms with E-state index in [1.165, 1.54) is 0 Å². The van der Waals surface area contributed by atoms with Crippen molar-refractivity contribution in [2.75, 3.05) is 13.2 Å². The summed E-state index contributed by atoms with van der Waals surface area (Å²) >= 11 is 0.898. The smallest absolute Gasteiger partial charge is 0.387 e. The van der Waals surface area contributed by atoms with E-state index in [0.29, 0.717) is 13.0 Å². The summed E-state index contributed by atoms with van der Waals surface area (Å²) in [7, 11) is 0. The minimum atomic E-state index is -3.94. The third-order valence-electron chi connectivity index (χ3n) is 4.65. The van der Waals surface area contributed by atoms with Crippen LogP contribution in [0, 0.1) is 0 Å². The quantitative estimate of drug-likeness (QED) is 0.494. The van der Waals surface area contributed by atoms with Crippen molar-refractivity contribution in [3.63, 3.8) is 0 Å². The Balaban J connectivity index is 1.90. The molecule has 0 bridgehead atoms. The van der Waals surface area contributed by atoms with Gasteiger partial charge in [-0.2, -0.15) is 0 Å². The van der Waals surface area contributed by atoms with E-state index in [-0.39, 0.29) is 36.3 Å². The van der Waals surface area contributed by atoms with E-state index in [1.54, 1.807) is 6.92 Å². The van der Waals surface area contributed by atoms with Gasteiger partial charge in [-0.25, -0.2) is 4.57 Å². The fraction of sp³-hybridized carbons (Fsp3) is 1.00. The molecule has 0 saturated carbocycles. The highest BCUT2D eigenvalue weighted by atomic mass is 32.7. The average molecular weight is 443 g/mol. The predicted molar refractivity (Wildman–Crippen MR) is 108 cm³/mol. The van der Waals surface area contributed by atoms with Gasteiger partial charge in [-0.1, -0.05) is 0 Å². The van der Waals surface area contributed by atoms with Crippen molar-refractivity contribution < 1.29 is 38.0 Å². The first-order valence-electron chi connectivity index (χ1n) is 9.90. The van der Waals surface area contributed by atoms with Crippen molar-refractivity contribution in [1.29, 1.82) is 0 Å². The Morgan fingerprint density at radius 3 is 2.39 bits per heavy atom. The van der Waals surface area contributed by atoms with Crippen LogP contribution in [0.5, 0.6) is 0 Å². The molecule has 2 fully saturated rings. The molecule has 166 valence electrons. The molecule has 2 aliphatic rings. The third-order valence-corrected chi connectivity index (χ3v) is 8.09. The van der Waals surface area contributed by atoms with E-state index in [2.05, 4.69) is 0 Å².